The molecule has 2 rings (SSSR count). The summed E-state index contributed by atoms with van der Waals surface area (Å²) in [7, 11) is 0. The summed E-state index contributed by atoms with van der Waals surface area (Å²) < 4.78 is 0. The van der Waals surface area contributed by atoms with Crippen LogP contribution in [0.4, 0.5) is 5.82 Å². The van der Waals surface area contributed by atoms with Gasteiger partial charge in [0.25, 0.3) is 0 Å². The zero-order valence-corrected chi connectivity index (χ0v) is 10.2. The van der Waals surface area contributed by atoms with Crippen LogP contribution >= 0.6 is 0 Å². The Balaban J connectivity index is 2.07. The van der Waals surface area contributed by atoms with Crippen LogP contribution in [-0.2, 0) is 4.79 Å². The van der Waals surface area contributed by atoms with Crippen molar-refractivity contribution in [2.75, 3.05) is 5.32 Å². The molecular weight excluding hydrogens is 232 g/mol. The molecule has 96 valence electrons. The second-order valence-electron chi connectivity index (χ2n) is 4.74. The maximum Gasteiger partial charge on any atom is 0.335 e. The Morgan fingerprint density at radius 2 is 2.22 bits per heavy atom. The van der Waals surface area contributed by atoms with Crippen molar-refractivity contribution in [3.63, 3.8) is 0 Å². The molecular formula is C13H16N2O3. The van der Waals surface area contributed by atoms with Gasteiger partial charge in [-0.1, -0.05) is 13.3 Å². The fraction of sp³-hybridized carbons (Fsp3) is 0.462. The number of pyridine rings is 1. The van der Waals surface area contributed by atoms with Crippen molar-refractivity contribution in [3.8, 4) is 0 Å². The average molecular weight is 248 g/mol. The SMILES string of the molecule is CC1CCCC1C(=O)Nc1cc(C(=O)O)ccn1. The molecule has 1 amide bonds. The third-order valence-electron chi connectivity index (χ3n) is 3.46. The molecule has 1 aliphatic rings. The minimum absolute atomic E-state index is 0.0142. The van der Waals surface area contributed by atoms with E-state index in [0.29, 0.717) is 11.7 Å². The fourth-order valence-electron chi connectivity index (χ4n) is 2.39. The van der Waals surface area contributed by atoms with Crippen molar-refractivity contribution in [3.05, 3.63) is 23.9 Å². The Hall–Kier alpha value is -1.91. The highest BCUT2D eigenvalue weighted by molar-refractivity contribution is 5.94. The number of carbonyl (C=O) groups is 2. The van der Waals surface area contributed by atoms with Crippen LogP contribution < -0.4 is 5.32 Å². The lowest BCUT2D eigenvalue weighted by molar-refractivity contribution is -0.120. The molecule has 0 aromatic carbocycles. The van der Waals surface area contributed by atoms with Crippen LogP contribution in [-0.4, -0.2) is 22.0 Å². The molecule has 1 aliphatic carbocycles. The number of aromatic carboxylic acids is 1. The number of nitrogens with one attached hydrogen (secondary N) is 1. The molecule has 2 N–H and O–H groups in total. The molecule has 2 unspecified atom stereocenters. The Morgan fingerprint density at radius 1 is 1.44 bits per heavy atom. The largest absolute Gasteiger partial charge is 0.478 e. The first-order chi connectivity index (χ1) is 8.58. The van der Waals surface area contributed by atoms with Crippen LogP contribution in [0, 0.1) is 11.8 Å². The summed E-state index contributed by atoms with van der Waals surface area (Å²) in [5, 5.41) is 11.6. The highest BCUT2D eigenvalue weighted by Gasteiger charge is 2.29. The zero-order chi connectivity index (χ0) is 13.1. The van der Waals surface area contributed by atoms with Crippen molar-refractivity contribution < 1.29 is 14.7 Å². The highest BCUT2D eigenvalue weighted by atomic mass is 16.4. The van der Waals surface area contributed by atoms with Gasteiger partial charge in [0.1, 0.15) is 5.82 Å². The van der Waals surface area contributed by atoms with Gasteiger partial charge in [0.2, 0.25) is 5.91 Å². The Labute approximate surface area is 105 Å². The molecule has 0 saturated heterocycles. The van der Waals surface area contributed by atoms with Crippen LogP contribution in [0.25, 0.3) is 0 Å². The lowest BCUT2D eigenvalue weighted by Crippen LogP contribution is -2.25. The topological polar surface area (TPSA) is 79.3 Å². The number of anilines is 1. The number of nitrogens with zero attached hydrogens (tertiary/aromatic N) is 1. The Bertz CT molecular complexity index is 473. The summed E-state index contributed by atoms with van der Waals surface area (Å²) in [5.74, 6) is -0.385. The van der Waals surface area contributed by atoms with Gasteiger partial charge in [-0.05, 0) is 30.9 Å². The lowest BCUT2D eigenvalue weighted by Gasteiger charge is -2.14. The van der Waals surface area contributed by atoms with E-state index in [9.17, 15) is 9.59 Å². The maximum atomic E-state index is 12.0. The van der Waals surface area contributed by atoms with Crippen LogP contribution in [0.5, 0.6) is 0 Å². The molecule has 1 heterocycles. The van der Waals surface area contributed by atoms with E-state index in [0.717, 1.165) is 19.3 Å². The Kier molecular flexibility index (Phi) is 3.60. The first-order valence-corrected chi connectivity index (χ1v) is 6.08. The third kappa shape index (κ3) is 2.67. The first-order valence-electron chi connectivity index (χ1n) is 6.08. The molecule has 1 aromatic heterocycles. The average Bonchev–Trinajstić information content (AvgIpc) is 2.76. The van der Waals surface area contributed by atoms with Crippen LogP contribution in [0.15, 0.2) is 18.3 Å². The predicted molar refractivity (Wildman–Crippen MR) is 66.3 cm³/mol. The predicted octanol–water partition coefficient (Wildman–Crippen LogP) is 2.15. The molecule has 2 atom stereocenters. The second-order valence-corrected chi connectivity index (χ2v) is 4.74. The Morgan fingerprint density at radius 3 is 2.83 bits per heavy atom. The van der Waals surface area contributed by atoms with E-state index in [1.165, 1.54) is 18.3 Å². The molecule has 0 radical (unpaired) electrons. The van der Waals surface area contributed by atoms with E-state index in [4.69, 9.17) is 5.11 Å². The lowest BCUT2D eigenvalue weighted by atomic mass is 9.97. The standard InChI is InChI=1S/C13H16N2O3/c1-8-3-2-4-10(8)12(16)15-11-7-9(13(17)18)5-6-14-11/h5-8,10H,2-4H2,1H3,(H,17,18)(H,14,15,16). The van der Waals surface area contributed by atoms with Crippen molar-refractivity contribution >= 4 is 17.7 Å². The number of rotatable bonds is 3. The summed E-state index contributed by atoms with van der Waals surface area (Å²) in [6, 6.07) is 2.77. The summed E-state index contributed by atoms with van der Waals surface area (Å²) in [4.78, 5) is 26.8. The minimum Gasteiger partial charge on any atom is -0.478 e. The van der Waals surface area contributed by atoms with Gasteiger partial charge >= 0.3 is 5.97 Å². The van der Waals surface area contributed by atoms with Gasteiger partial charge in [-0.2, -0.15) is 0 Å². The van der Waals surface area contributed by atoms with Crippen LogP contribution in [0.3, 0.4) is 0 Å². The maximum absolute atomic E-state index is 12.0. The number of hydrogen-bond donors (Lipinski definition) is 2. The van der Waals surface area contributed by atoms with Crippen LogP contribution in [0.1, 0.15) is 36.5 Å². The highest BCUT2D eigenvalue weighted by Crippen LogP contribution is 2.31. The molecule has 0 aliphatic heterocycles. The summed E-state index contributed by atoms with van der Waals surface area (Å²) >= 11 is 0. The van der Waals surface area contributed by atoms with Gasteiger partial charge in [0.15, 0.2) is 0 Å². The zero-order valence-electron chi connectivity index (χ0n) is 10.2. The summed E-state index contributed by atoms with van der Waals surface area (Å²) in [6.45, 7) is 2.07. The van der Waals surface area contributed by atoms with E-state index in [1.807, 2.05) is 0 Å². The minimum atomic E-state index is -1.03. The molecule has 1 saturated carbocycles. The normalized spacial score (nSPS) is 22.7. The fourth-order valence-corrected chi connectivity index (χ4v) is 2.39. The number of carboxylic acid groups (broad SMARTS) is 1. The number of hydrogen-bond acceptors (Lipinski definition) is 3. The van der Waals surface area contributed by atoms with Crippen LogP contribution in [0.2, 0.25) is 0 Å². The molecule has 1 fully saturated rings. The number of amides is 1. The van der Waals surface area contributed by atoms with Crippen molar-refractivity contribution in [2.24, 2.45) is 11.8 Å². The van der Waals surface area contributed by atoms with E-state index >= 15 is 0 Å². The molecule has 0 spiro atoms. The number of aromatic nitrogens is 1. The first kappa shape index (κ1) is 12.5. The van der Waals surface area contributed by atoms with E-state index in [2.05, 4.69) is 17.2 Å². The molecule has 5 nitrogen and oxygen atoms in total. The molecule has 0 bridgehead atoms. The number of carbonyl (C=O) groups excluding carboxylic acids is 1. The van der Waals surface area contributed by atoms with Gasteiger partial charge in [-0.25, -0.2) is 9.78 Å². The molecule has 1 aromatic rings. The molecule has 18 heavy (non-hydrogen) atoms. The summed E-state index contributed by atoms with van der Waals surface area (Å²) in [6.07, 6.45) is 4.42. The van der Waals surface area contributed by atoms with Gasteiger partial charge in [0.05, 0.1) is 5.56 Å². The van der Waals surface area contributed by atoms with Gasteiger partial charge in [-0.15, -0.1) is 0 Å². The smallest absolute Gasteiger partial charge is 0.335 e. The van der Waals surface area contributed by atoms with Gasteiger partial charge < -0.3 is 10.4 Å². The van der Waals surface area contributed by atoms with E-state index in [1.54, 1.807) is 0 Å². The quantitative estimate of drug-likeness (QED) is 0.859. The van der Waals surface area contributed by atoms with Crippen molar-refractivity contribution in [2.45, 2.75) is 26.2 Å². The number of carboxylic acids is 1. The van der Waals surface area contributed by atoms with E-state index in [-0.39, 0.29) is 17.4 Å². The van der Waals surface area contributed by atoms with Gasteiger partial charge in [0, 0.05) is 12.1 Å². The summed E-state index contributed by atoms with van der Waals surface area (Å²) in [5.41, 5.74) is 0.125. The third-order valence-corrected chi connectivity index (χ3v) is 3.46. The van der Waals surface area contributed by atoms with E-state index < -0.39 is 5.97 Å². The monoisotopic (exact) mass is 248 g/mol. The van der Waals surface area contributed by atoms with Crippen molar-refractivity contribution in [1.82, 2.24) is 4.98 Å². The van der Waals surface area contributed by atoms with Gasteiger partial charge in [-0.3, -0.25) is 4.79 Å². The van der Waals surface area contributed by atoms with Crippen molar-refractivity contribution in [1.29, 1.82) is 0 Å². The molecule has 5 heteroatoms. The second kappa shape index (κ2) is 5.16.